The minimum absolute atomic E-state index is 0.0472. The molecule has 1 heterocycles. The van der Waals surface area contributed by atoms with Crippen LogP contribution in [0.5, 0.6) is 5.75 Å². The largest absolute Gasteiger partial charge is 0.495 e. The van der Waals surface area contributed by atoms with E-state index in [-0.39, 0.29) is 36.0 Å². The Morgan fingerprint density at radius 2 is 2.07 bits per heavy atom. The van der Waals surface area contributed by atoms with Gasteiger partial charge in [-0.1, -0.05) is 6.07 Å². The predicted molar refractivity (Wildman–Crippen MR) is 99.6 cm³/mol. The molecule has 2 N–H and O–H groups in total. The van der Waals surface area contributed by atoms with E-state index in [1.165, 1.54) is 43.8 Å². The Morgan fingerprint density at radius 1 is 1.30 bits per heavy atom. The number of benzene rings is 1. The van der Waals surface area contributed by atoms with E-state index < -0.39 is 22.1 Å². The molecule has 0 fully saturated rings. The topological polar surface area (TPSA) is 111 Å². The zero-order valence-electron chi connectivity index (χ0n) is 14.9. The summed E-state index contributed by atoms with van der Waals surface area (Å²) in [5.41, 5.74) is 0.0880. The Morgan fingerprint density at radius 3 is 2.67 bits per heavy atom. The van der Waals surface area contributed by atoms with Crippen LogP contribution in [0.2, 0.25) is 0 Å². The minimum atomic E-state index is -4.00. The Bertz CT molecular complexity index is 850. The van der Waals surface area contributed by atoms with E-state index in [0.717, 1.165) is 4.88 Å². The fraction of sp³-hybridized carbons (Fsp3) is 0.353. The molecule has 0 amide bonds. The fourth-order valence-electron chi connectivity index (χ4n) is 2.31. The van der Waals surface area contributed by atoms with Gasteiger partial charge in [-0.15, -0.1) is 11.3 Å². The lowest BCUT2D eigenvalue weighted by Crippen LogP contribution is -2.30. The zero-order valence-corrected chi connectivity index (χ0v) is 16.5. The van der Waals surface area contributed by atoms with Crippen molar-refractivity contribution in [1.29, 1.82) is 0 Å². The third-order valence-corrected chi connectivity index (χ3v) is 6.01. The lowest BCUT2D eigenvalue weighted by atomic mass is 10.2. The molecule has 2 rings (SSSR count). The van der Waals surface area contributed by atoms with Gasteiger partial charge in [-0.25, -0.2) is 17.9 Å². The molecule has 148 valence electrons. The zero-order chi connectivity index (χ0) is 19.9. The highest BCUT2D eigenvalue weighted by atomic mass is 32.2. The van der Waals surface area contributed by atoms with E-state index in [9.17, 15) is 13.2 Å². The van der Waals surface area contributed by atoms with Gasteiger partial charge < -0.3 is 19.3 Å². The number of ether oxygens (including phenoxy) is 3. The van der Waals surface area contributed by atoms with Crippen molar-refractivity contribution >= 4 is 27.3 Å². The Hall–Kier alpha value is -1.98. The Labute approximate surface area is 161 Å². The number of thiophene rings is 1. The van der Waals surface area contributed by atoms with Crippen LogP contribution in [0.25, 0.3) is 0 Å². The first-order valence-electron chi connectivity index (χ1n) is 7.94. The number of methoxy groups -OCH3 is 2. The van der Waals surface area contributed by atoms with Gasteiger partial charge in [0, 0.05) is 11.4 Å². The van der Waals surface area contributed by atoms with Gasteiger partial charge in [-0.2, -0.15) is 0 Å². The van der Waals surface area contributed by atoms with Gasteiger partial charge >= 0.3 is 5.97 Å². The summed E-state index contributed by atoms with van der Waals surface area (Å²) in [6.07, 6.45) is -0.554. The molecular formula is C17H21NO7S2. The Kier molecular flexibility index (Phi) is 7.75. The van der Waals surface area contributed by atoms with Crippen LogP contribution in [0.4, 0.5) is 0 Å². The summed E-state index contributed by atoms with van der Waals surface area (Å²) in [7, 11) is -1.45. The lowest BCUT2D eigenvalue weighted by molar-refractivity contribution is 0.0328. The SMILES string of the molecule is COC(=O)c1ccc(OC)c(S(=O)(=O)NCC(OCCO)c2cccs2)c1. The van der Waals surface area contributed by atoms with Crippen molar-refractivity contribution in [2.24, 2.45) is 0 Å². The van der Waals surface area contributed by atoms with Crippen LogP contribution in [0.15, 0.2) is 40.6 Å². The predicted octanol–water partition coefficient (Wildman–Crippen LogP) is 1.57. The van der Waals surface area contributed by atoms with Crippen LogP contribution in [0, 0.1) is 0 Å². The van der Waals surface area contributed by atoms with Crippen molar-refractivity contribution in [2.75, 3.05) is 34.0 Å². The summed E-state index contributed by atoms with van der Waals surface area (Å²) in [5, 5.41) is 10.8. The second-order valence-electron chi connectivity index (χ2n) is 5.31. The van der Waals surface area contributed by atoms with Gasteiger partial charge in [0.05, 0.1) is 33.0 Å². The number of carbonyl (C=O) groups excluding carboxylic acids is 1. The van der Waals surface area contributed by atoms with Crippen molar-refractivity contribution in [3.8, 4) is 5.75 Å². The van der Waals surface area contributed by atoms with Gasteiger partial charge in [-0.3, -0.25) is 0 Å². The van der Waals surface area contributed by atoms with Crippen molar-refractivity contribution in [3.63, 3.8) is 0 Å². The van der Waals surface area contributed by atoms with Gasteiger partial charge in [0.2, 0.25) is 10.0 Å². The molecule has 1 aromatic carbocycles. The van der Waals surface area contributed by atoms with E-state index >= 15 is 0 Å². The molecule has 8 nitrogen and oxygen atoms in total. The monoisotopic (exact) mass is 415 g/mol. The maximum Gasteiger partial charge on any atom is 0.337 e. The van der Waals surface area contributed by atoms with Crippen LogP contribution in [-0.4, -0.2) is 53.5 Å². The standard InChI is InChI=1S/C17H21NO7S2/c1-23-13-6-5-12(17(20)24-2)10-16(13)27(21,22)18-11-14(25-8-7-19)15-4-3-9-26-15/h3-6,9-10,14,18-19H,7-8,11H2,1-2H3. The molecule has 1 unspecified atom stereocenters. The maximum absolute atomic E-state index is 12.8. The molecule has 0 aliphatic rings. The number of sulfonamides is 1. The van der Waals surface area contributed by atoms with E-state index in [0.29, 0.717) is 0 Å². The smallest absolute Gasteiger partial charge is 0.337 e. The summed E-state index contributed by atoms with van der Waals surface area (Å²) in [4.78, 5) is 12.4. The fourth-order valence-corrected chi connectivity index (χ4v) is 4.30. The molecule has 10 heteroatoms. The maximum atomic E-state index is 12.8. The highest BCUT2D eigenvalue weighted by molar-refractivity contribution is 7.89. The second-order valence-corrected chi connectivity index (χ2v) is 8.02. The van der Waals surface area contributed by atoms with E-state index in [1.54, 1.807) is 0 Å². The van der Waals surface area contributed by atoms with Crippen molar-refractivity contribution < 1.29 is 32.5 Å². The van der Waals surface area contributed by atoms with Crippen LogP contribution in [-0.2, 0) is 19.5 Å². The molecule has 0 spiro atoms. The summed E-state index contributed by atoms with van der Waals surface area (Å²) >= 11 is 1.42. The molecule has 1 atom stereocenters. The number of aliphatic hydroxyl groups excluding tert-OH is 1. The number of esters is 1. The Balaban J connectivity index is 2.25. The summed E-state index contributed by atoms with van der Waals surface area (Å²) in [5.74, 6) is -0.559. The molecule has 0 saturated carbocycles. The first-order chi connectivity index (χ1) is 12.9. The average molecular weight is 415 g/mol. The quantitative estimate of drug-likeness (QED) is 0.567. The van der Waals surface area contributed by atoms with Gasteiger partial charge in [0.1, 0.15) is 16.7 Å². The van der Waals surface area contributed by atoms with Crippen molar-refractivity contribution in [3.05, 3.63) is 46.2 Å². The van der Waals surface area contributed by atoms with Gasteiger partial charge in [-0.05, 0) is 29.6 Å². The van der Waals surface area contributed by atoms with Gasteiger partial charge in [0.15, 0.2) is 0 Å². The highest BCUT2D eigenvalue weighted by Gasteiger charge is 2.24. The minimum Gasteiger partial charge on any atom is -0.495 e. The van der Waals surface area contributed by atoms with Crippen molar-refractivity contribution in [2.45, 2.75) is 11.0 Å². The van der Waals surface area contributed by atoms with Crippen LogP contribution in [0.1, 0.15) is 21.3 Å². The van der Waals surface area contributed by atoms with E-state index in [1.807, 2.05) is 17.5 Å². The molecular weight excluding hydrogens is 394 g/mol. The normalized spacial score (nSPS) is 12.6. The first kappa shape index (κ1) is 21.3. The molecule has 1 aromatic heterocycles. The third kappa shape index (κ3) is 5.50. The average Bonchev–Trinajstić information content (AvgIpc) is 3.21. The number of hydrogen-bond acceptors (Lipinski definition) is 8. The number of carbonyl (C=O) groups is 1. The van der Waals surface area contributed by atoms with E-state index in [2.05, 4.69) is 9.46 Å². The van der Waals surface area contributed by atoms with E-state index in [4.69, 9.17) is 14.6 Å². The van der Waals surface area contributed by atoms with Gasteiger partial charge in [0.25, 0.3) is 0 Å². The number of hydrogen-bond donors (Lipinski definition) is 2. The molecule has 0 saturated heterocycles. The number of aliphatic hydroxyl groups is 1. The first-order valence-corrected chi connectivity index (χ1v) is 10.3. The second kappa shape index (κ2) is 9.81. The lowest BCUT2D eigenvalue weighted by Gasteiger charge is -2.18. The summed E-state index contributed by atoms with van der Waals surface area (Å²) in [6, 6.07) is 7.65. The highest BCUT2D eigenvalue weighted by Crippen LogP contribution is 2.27. The molecule has 0 aliphatic carbocycles. The molecule has 0 bridgehead atoms. The number of rotatable bonds is 10. The van der Waals surface area contributed by atoms with Crippen LogP contribution in [0.3, 0.4) is 0 Å². The van der Waals surface area contributed by atoms with Crippen molar-refractivity contribution in [1.82, 2.24) is 4.72 Å². The van der Waals surface area contributed by atoms with Crippen LogP contribution >= 0.6 is 11.3 Å². The molecule has 0 radical (unpaired) electrons. The summed E-state index contributed by atoms with van der Waals surface area (Å²) in [6.45, 7) is -0.149. The third-order valence-electron chi connectivity index (χ3n) is 3.60. The molecule has 0 aliphatic heterocycles. The number of nitrogens with one attached hydrogen (secondary N) is 1. The summed E-state index contributed by atoms with van der Waals surface area (Å²) < 4.78 is 43.3. The molecule has 27 heavy (non-hydrogen) atoms. The van der Waals surface area contributed by atoms with Crippen LogP contribution < -0.4 is 9.46 Å². The molecule has 2 aromatic rings.